The van der Waals surface area contributed by atoms with Crippen molar-refractivity contribution in [2.24, 2.45) is 0 Å². The van der Waals surface area contributed by atoms with Gasteiger partial charge >= 0.3 is 0 Å². The molecule has 9 aromatic carbocycles. The molecule has 2 nitrogen and oxygen atoms in total. The van der Waals surface area contributed by atoms with E-state index in [2.05, 4.69) is 230 Å². The molecule has 0 N–H and O–H groups in total. The Hall–Kier alpha value is -6.98. The van der Waals surface area contributed by atoms with E-state index in [1.54, 1.807) is 0 Å². The van der Waals surface area contributed by atoms with Gasteiger partial charge in [0, 0.05) is 79.9 Å². The van der Waals surface area contributed by atoms with Crippen LogP contribution in [0.15, 0.2) is 206 Å². The first-order valence-electron chi connectivity index (χ1n) is 20.9. The van der Waals surface area contributed by atoms with Gasteiger partial charge in [-0.25, -0.2) is 0 Å². The first-order chi connectivity index (χ1) is 30.0. The van der Waals surface area contributed by atoms with Gasteiger partial charge in [-0.3, -0.25) is 0 Å². The molecule has 0 unspecified atom stereocenters. The first-order valence-corrected chi connectivity index (χ1v) is 22.5. The third-order valence-corrected chi connectivity index (χ3v) is 14.9. The number of hydrogen-bond donors (Lipinski definition) is 0. The third-order valence-electron chi connectivity index (χ3n) is 12.6. The second-order valence-corrected chi connectivity index (χ2v) is 18.7. The lowest BCUT2D eigenvalue weighted by Crippen LogP contribution is -2.15. The fraction of sp³-hybridized carbons (Fsp3) is 0.0526. The molecule has 1 aliphatic carbocycles. The minimum absolute atomic E-state index is 0.117. The molecule has 2 aromatic heterocycles. The number of para-hydroxylation sites is 2. The second kappa shape index (κ2) is 14.1. The first kappa shape index (κ1) is 35.9. The molecule has 2 heterocycles. The molecular formula is C57H40N2S2. The van der Waals surface area contributed by atoms with Gasteiger partial charge in [-0.2, -0.15) is 0 Å². The molecule has 61 heavy (non-hydrogen) atoms. The fourth-order valence-electron chi connectivity index (χ4n) is 9.66. The van der Waals surface area contributed by atoms with Crippen molar-refractivity contribution in [3.63, 3.8) is 0 Å². The second-order valence-electron chi connectivity index (χ2n) is 16.6. The molecule has 0 aliphatic heterocycles. The molecule has 0 saturated heterocycles. The summed E-state index contributed by atoms with van der Waals surface area (Å²) in [4.78, 5) is 4.87. The van der Waals surface area contributed by atoms with Crippen LogP contribution in [0.25, 0.3) is 62.6 Å². The zero-order valence-electron chi connectivity index (χ0n) is 33.8. The van der Waals surface area contributed by atoms with E-state index >= 15 is 0 Å². The van der Waals surface area contributed by atoms with Crippen LogP contribution >= 0.6 is 22.7 Å². The van der Waals surface area contributed by atoms with E-state index in [-0.39, 0.29) is 5.41 Å². The van der Waals surface area contributed by atoms with Crippen molar-refractivity contribution in [3.8, 4) is 22.3 Å². The molecule has 290 valence electrons. The van der Waals surface area contributed by atoms with Crippen molar-refractivity contribution >= 4 is 97.1 Å². The number of fused-ring (bicyclic) bond motifs is 9. The molecule has 0 saturated carbocycles. The van der Waals surface area contributed by atoms with Crippen molar-refractivity contribution in [2.45, 2.75) is 19.3 Å². The molecule has 0 atom stereocenters. The highest BCUT2D eigenvalue weighted by molar-refractivity contribution is 7.26. The van der Waals surface area contributed by atoms with Crippen molar-refractivity contribution in [1.29, 1.82) is 0 Å². The van der Waals surface area contributed by atoms with Gasteiger partial charge in [-0.05, 0) is 118 Å². The van der Waals surface area contributed by atoms with E-state index in [1.807, 2.05) is 22.7 Å². The van der Waals surface area contributed by atoms with Crippen LogP contribution in [0, 0.1) is 0 Å². The van der Waals surface area contributed by atoms with E-state index in [9.17, 15) is 0 Å². The van der Waals surface area contributed by atoms with Crippen LogP contribution in [0.5, 0.6) is 0 Å². The predicted molar refractivity (Wildman–Crippen MR) is 265 cm³/mol. The molecule has 0 bridgehead atoms. The molecule has 0 fully saturated rings. The number of hydrogen-bond acceptors (Lipinski definition) is 4. The Morgan fingerprint density at radius 3 is 1.36 bits per heavy atom. The maximum absolute atomic E-state index is 2.45. The summed E-state index contributed by atoms with van der Waals surface area (Å²) in [6.07, 6.45) is 0. The zero-order chi connectivity index (χ0) is 40.7. The zero-order valence-corrected chi connectivity index (χ0v) is 35.5. The molecule has 11 aromatic rings. The Kier molecular flexibility index (Phi) is 8.28. The quantitative estimate of drug-likeness (QED) is 0.158. The normalized spacial score (nSPS) is 12.9. The van der Waals surface area contributed by atoms with Gasteiger partial charge in [0.25, 0.3) is 0 Å². The van der Waals surface area contributed by atoms with E-state index in [4.69, 9.17) is 0 Å². The smallest absolute Gasteiger partial charge is 0.0488 e. The molecular weight excluding hydrogens is 777 g/mol. The van der Waals surface area contributed by atoms with Crippen molar-refractivity contribution in [3.05, 3.63) is 217 Å². The monoisotopic (exact) mass is 816 g/mol. The Balaban J connectivity index is 1.11. The molecule has 0 radical (unpaired) electrons. The number of thiophene rings is 2. The minimum atomic E-state index is -0.117. The maximum Gasteiger partial charge on any atom is 0.0488 e. The van der Waals surface area contributed by atoms with Crippen LogP contribution in [0.3, 0.4) is 0 Å². The molecule has 0 spiro atoms. The summed E-state index contributed by atoms with van der Waals surface area (Å²) in [5.41, 5.74) is 14.3. The van der Waals surface area contributed by atoms with Crippen molar-refractivity contribution in [2.75, 3.05) is 9.80 Å². The summed E-state index contributed by atoms with van der Waals surface area (Å²) in [5, 5.41) is 5.20. The van der Waals surface area contributed by atoms with E-state index < -0.39 is 0 Å². The number of anilines is 6. The number of rotatable bonds is 7. The van der Waals surface area contributed by atoms with Gasteiger partial charge in [0.1, 0.15) is 0 Å². The topological polar surface area (TPSA) is 6.48 Å². The molecule has 4 heteroatoms. The van der Waals surface area contributed by atoms with E-state index in [1.165, 1.54) is 68.2 Å². The number of nitrogens with zero attached hydrogens (tertiary/aromatic N) is 2. The molecule has 12 rings (SSSR count). The fourth-order valence-corrected chi connectivity index (χ4v) is 11.9. The Labute approximate surface area is 363 Å². The van der Waals surface area contributed by atoms with Crippen LogP contribution in [0.4, 0.5) is 34.1 Å². The highest BCUT2D eigenvalue weighted by Crippen LogP contribution is 2.51. The summed E-state index contributed by atoms with van der Waals surface area (Å²) in [6.45, 7) is 4.73. The van der Waals surface area contributed by atoms with Crippen molar-refractivity contribution in [1.82, 2.24) is 0 Å². The average Bonchev–Trinajstić information content (AvgIpc) is 3.94. The van der Waals surface area contributed by atoms with Crippen LogP contribution in [-0.4, -0.2) is 0 Å². The lowest BCUT2D eigenvalue weighted by atomic mass is 9.81. The Morgan fingerprint density at radius 2 is 0.787 bits per heavy atom. The van der Waals surface area contributed by atoms with Crippen LogP contribution < -0.4 is 9.80 Å². The lowest BCUT2D eigenvalue weighted by Gasteiger charge is -2.30. The van der Waals surface area contributed by atoms with Crippen LogP contribution in [0.1, 0.15) is 25.0 Å². The van der Waals surface area contributed by atoms with E-state index in [0.29, 0.717) is 0 Å². The van der Waals surface area contributed by atoms with Gasteiger partial charge in [0.05, 0.1) is 0 Å². The largest absolute Gasteiger partial charge is 0.310 e. The van der Waals surface area contributed by atoms with Crippen molar-refractivity contribution < 1.29 is 0 Å². The third kappa shape index (κ3) is 5.89. The molecule has 0 amide bonds. The highest BCUT2D eigenvalue weighted by Gasteiger charge is 2.35. The van der Waals surface area contributed by atoms with Gasteiger partial charge in [0.2, 0.25) is 0 Å². The average molecular weight is 817 g/mol. The standard InChI is InChI=1S/C57H40N2S2/c1-57(2)51-22-12-9-19-45(51)46-28-25-37(33-52(46)57)38-31-43(58(39-15-5-3-6-16-39)41-26-29-49-47-20-10-13-23-53(47)60-55(49)35-41)34-44(32-38)59(40-17-7-4-8-18-40)42-27-30-50-48-21-11-14-24-54(48)61-56(50)36-42/h3-36H,1-2H3. The van der Waals surface area contributed by atoms with Gasteiger partial charge in [0.15, 0.2) is 0 Å². The lowest BCUT2D eigenvalue weighted by molar-refractivity contribution is 0.660. The van der Waals surface area contributed by atoms with Gasteiger partial charge in [-0.1, -0.05) is 135 Å². The maximum atomic E-state index is 2.45. The summed E-state index contributed by atoms with van der Waals surface area (Å²) in [5.74, 6) is 0. The van der Waals surface area contributed by atoms with Gasteiger partial charge < -0.3 is 9.80 Å². The summed E-state index contributed by atoms with van der Waals surface area (Å²) >= 11 is 3.72. The highest BCUT2D eigenvalue weighted by atomic mass is 32.1. The summed E-state index contributed by atoms with van der Waals surface area (Å²) in [7, 11) is 0. The SMILES string of the molecule is CC1(C)c2ccccc2-c2ccc(-c3cc(N(c4ccccc4)c4ccc5c(c4)sc4ccccc45)cc(N(c4ccccc4)c4ccc5c(c4)sc4ccccc45)c3)cc21. The van der Waals surface area contributed by atoms with E-state index in [0.717, 1.165) is 39.7 Å². The van der Waals surface area contributed by atoms with Crippen LogP contribution in [0.2, 0.25) is 0 Å². The summed E-state index contributed by atoms with van der Waals surface area (Å²) in [6, 6.07) is 76.3. The van der Waals surface area contributed by atoms with Crippen LogP contribution in [-0.2, 0) is 5.41 Å². The minimum Gasteiger partial charge on any atom is -0.310 e. The Morgan fingerprint density at radius 1 is 0.311 bits per heavy atom. The predicted octanol–water partition coefficient (Wildman–Crippen LogP) is 17.3. The van der Waals surface area contributed by atoms with Gasteiger partial charge in [-0.15, -0.1) is 22.7 Å². The molecule has 1 aliphatic rings. The Bertz CT molecular complexity index is 3290. The summed E-state index contributed by atoms with van der Waals surface area (Å²) < 4.78 is 5.17. The number of benzene rings is 9.